The van der Waals surface area contributed by atoms with E-state index in [1.54, 1.807) is 18.2 Å². The fraction of sp³-hybridized carbons (Fsp3) is 0.481. The number of halogens is 2. The van der Waals surface area contributed by atoms with E-state index in [0.29, 0.717) is 27.8 Å². The number of carbonyl (C=O) groups excluding carboxylic acids is 2. The molecule has 34 heavy (non-hydrogen) atoms. The molecular formula is C27H36Cl2N2O3. The third-order valence-corrected chi connectivity index (χ3v) is 6.53. The van der Waals surface area contributed by atoms with E-state index in [9.17, 15) is 9.59 Å². The first-order valence-corrected chi connectivity index (χ1v) is 12.5. The summed E-state index contributed by atoms with van der Waals surface area (Å²) >= 11 is 12.8. The van der Waals surface area contributed by atoms with Gasteiger partial charge in [0.25, 0.3) is 5.91 Å². The van der Waals surface area contributed by atoms with Crippen LogP contribution < -0.4 is 10.1 Å². The molecule has 0 unspecified atom stereocenters. The van der Waals surface area contributed by atoms with Crippen molar-refractivity contribution in [3.05, 3.63) is 63.6 Å². The maximum atomic E-state index is 13.5. The van der Waals surface area contributed by atoms with Crippen LogP contribution >= 0.6 is 23.2 Å². The summed E-state index contributed by atoms with van der Waals surface area (Å²) in [7, 11) is 0. The minimum atomic E-state index is -0.685. The van der Waals surface area contributed by atoms with Gasteiger partial charge in [0.05, 0.1) is 0 Å². The van der Waals surface area contributed by atoms with Gasteiger partial charge in [0.1, 0.15) is 11.8 Å². The van der Waals surface area contributed by atoms with E-state index in [4.69, 9.17) is 27.9 Å². The Hall–Kier alpha value is -2.24. The van der Waals surface area contributed by atoms with E-state index in [0.717, 1.165) is 12.0 Å². The van der Waals surface area contributed by atoms with Gasteiger partial charge < -0.3 is 15.0 Å². The zero-order valence-electron chi connectivity index (χ0n) is 21.0. The maximum absolute atomic E-state index is 13.5. The second kappa shape index (κ2) is 12.5. The Labute approximate surface area is 213 Å². The maximum Gasteiger partial charge on any atom is 0.261 e. The lowest BCUT2D eigenvalue weighted by atomic mass is 9.86. The molecule has 7 heteroatoms. The van der Waals surface area contributed by atoms with Crippen LogP contribution in [0.15, 0.2) is 42.5 Å². The molecule has 0 bridgehead atoms. The Kier molecular flexibility index (Phi) is 10.3. The van der Waals surface area contributed by atoms with Gasteiger partial charge in [-0.3, -0.25) is 9.59 Å². The van der Waals surface area contributed by atoms with Crippen molar-refractivity contribution in [2.45, 2.75) is 78.4 Å². The molecule has 0 aliphatic carbocycles. The molecule has 0 aliphatic heterocycles. The number of benzene rings is 2. The SMILES string of the molecule is CC[C@@H](C)NC(=O)[C@@H](CC)N(Cc1c(Cl)cccc1Cl)C(=O)COc1ccccc1C(C)(C)C. The molecule has 0 spiro atoms. The summed E-state index contributed by atoms with van der Waals surface area (Å²) in [5.74, 6) is 0.130. The molecule has 0 heterocycles. The van der Waals surface area contributed by atoms with Crippen molar-refractivity contribution in [3.8, 4) is 5.75 Å². The third-order valence-electron chi connectivity index (χ3n) is 5.82. The number of hydrogen-bond acceptors (Lipinski definition) is 3. The second-order valence-corrected chi connectivity index (χ2v) is 10.3. The van der Waals surface area contributed by atoms with Crippen molar-refractivity contribution in [1.82, 2.24) is 10.2 Å². The highest BCUT2D eigenvalue weighted by atomic mass is 35.5. The number of nitrogens with one attached hydrogen (secondary N) is 1. The first-order valence-electron chi connectivity index (χ1n) is 11.7. The van der Waals surface area contributed by atoms with Crippen LogP contribution in [0.5, 0.6) is 5.75 Å². The molecule has 0 saturated heterocycles. The first kappa shape index (κ1) is 28.0. The van der Waals surface area contributed by atoms with Crippen LogP contribution in [0.2, 0.25) is 10.0 Å². The Bertz CT molecular complexity index is 968. The second-order valence-electron chi connectivity index (χ2n) is 9.50. The van der Waals surface area contributed by atoms with Gasteiger partial charge >= 0.3 is 0 Å². The lowest BCUT2D eigenvalue weighted by Gasteiger charge is -2.32. The summed E-state index contributed by atoms with van der Waals surface area (Å²) in [6.07, 6.45) is 1.23. The molecular weight excluding hydrogens is 471 g/mol. The monoisotopic (exact) mass is 506 g/mol. The predicted molar refractivity (Wildman–Crippen MR) is 140 cm³/mol. The third kappa shape index (κ3) is 7.38. The number of ether oxygens (including phenoxy) is 1. The van der Waals surface area contributed by atoms with Crippen molar-refractivity contribution < 1.29 is 14.3 Å². The van der Waals surface area contributed by atoms with Crippen LogP contribution in [0, 0.1) is 0 Å². The van der Waals surface area contributed by atoms with Crippen molar-refractivity contribution in [2.24, 2.45) is 0 Å². The van der Waals surface area contributed by atoms with E-state index in [1.165, 1.54) is 4.90 Å². The summed E-state index contributed by atoms with van der Waals surface area (Å²) in [5.41, 5.74) is 1.46. The Morgan fingerprint density at radius 2 is 1.62 bits per heavy atom. The van der Waals surface area contributed by atoms with E-state index >= 15 is 0 Å². The van der Waals surface area contributed by atoms with Crippen molar-refractivity contribution in [3.63, 3.8) is 0 Å². The van der Waals surface area contributed by atoms with Gasteiger partial charge in [-0.15, -0.1) is 0 Å². The topological polar surface area (TPSA) is 58.6 Å². The average Bonchev–Trinajstić information content (AvgIpc) is 2.78. The number of amides is 2. The summed E-state index contributed by atoms with van der Waals surface area (Å²) in [6.45, 7) is 12.0. The van der Waals surface area contributed by atoms with Gasteiger partial charge in [-0.2, -0.15) is 0 Å². The Morgan fingerprint density at radius 1 is 1.00 bits per heavy atom. The molecule has 5 nitrogen and oxygen atoms in total. The van der Waals surface area contributed by atoms with E-state index in [-0.39, 0.29) is 36.4 Å². The highest BCUT2D eigenvalue weighted by molar-refractivity contribution is 6.36. The zero-order chi connectivity index (χ0) is 25.5. The van der Waals surface area contributed by atoms with Crippen LogP contribution in [0.3, 0.4) is 0 Å². The molecule has 0 fully saturated rings. The lowest BCUT2D eigenvalue weighted by Crippen LogP contribution is -2.51. The van der Waals surface area contributed by atoms with Gasteiger partial charge in [0.15, 0.2) is 6.61 Å². The van der Waals surface area contributed by atoms with Gasteiger partial charge in [0, 0.05) is 28.2 Å². The summed E-state index contributed by atoms with van der Waals surface area (Å²) in [4.78, 5) is 28.1. The smallest absolute Gasteiger partial charge is 0.261 e. The molecule has 2 atom stereocenters. The molecule has 1 N–H and O–H groups in total. The van der Waals surface area contributed by atoms with E-state index < -0.39 is 6.04 Å². The van der Waals surface area contributed by atoms with Crippen molar-refractivity contribution >= 4 is 35.0 Å². The first-order chi connectivity index (χ1) is 16.0. The van der Waals surface area contributed by atoms with Crippen LogP contribution in [0.4, 0.5) is 0 Å². The summed E-state index contributed by atoms with van der Waals surface area (Å²) in [6, 6.07) is 12.2. The number of nitrogens with zero attached hydrogens (tertiary/aromatic N) is 1. The largest absolute Gasteiger partial charge is 0.483 e. The fourth-order valence-corrected chi connectivity index (χ4v) is 4.17. The fourth-order valence-electron chi connectivity index (χ4n) is 3.65. The average molecular weight is 508 g/mol. The summed E-state index contributed by atoms with van der Waals surface area (Å²) < 4.78 is 5.99. The van der Waals surface area contributed by atoms with Crippen LogP contribution in [-0.2, 0) is 21.5 Å². The van der Waals surface area contributed by atoms with Gasteiger partial charge in [-0.1, -0.05) is 82.1 Å². The van der Waals surface area contributed by atoms with E-state index in [1.807, 2.05) is 45.0 Å². The lowest BCUT2D eigenvalue weighted by molar-refractivity contribution is -0.143. The highest BCUT2D eigenvalue weighted by Crippen LogP contribution is 2.31. The van der Waals surface area contributed by atoms with Crippen LogP contribution in [0.1, 0.15) is 65.5 Å². The number of para-hydroxylation sites is 1. The molecule has 186 valence electrons. The van der Waals surface area contributed by atoms with Crippen LogP contribution in [0.25, 0.3) is 0 Å². The van der Waals surface area contributed by atoms with Gasteiger partial charge in [0.2, 0.25) is 5.91 Å². The zero-order valence-corrected chi connectivity index (χ0v) is 22.5. The highest BCUT2D eigenvalue weighted by Gasteiger charge is 2.31. The number of hydrogen-bond donors (Lipinski definition) is 1. The van der Waals surface area contributed by atoms with E-state index in [2.05, 4.69) is 26.1 Å². The molecule has 2 aromatic rings. The molecule has 2 aromatic carbocycles. The number of rotatable bonds is 10. The van der Waals surface area contributed by atoms with Crippen molar-refractivity contribution in [1.29, 1.82) is 0 Å². The minimum Gasteiger partial charge on any atom is -0.483 e. The van der Waals surface area contributed by atoms with Crippen molar-refractivity contribution in [2.75, 3.05) is 6.61 Å². The minimum absolute atomic E-state index is 0.00249. The molecule has 0 aliphatic rings. The predicted octanol–water partition coefficient (Wildman–Crippen LogP) is 6.39. The number of carbonyl (C=O) groups is 2. The molecule has 2 rings (SSSR count). The Morgan fingerprint density at radius 3 is 2.18 bits per heavy atom. The standard InChI is InChI=1S/C27H36Cl2N2O3/c1-7-18(3)30-26(33)23(8-2)31(16-19-21(28)13-11-14-22(19)29)25(32)17-34-24-15-10-9-12-20(24)27(4,5)6/h9-15,18,23H,7-8,16-17H2,1-6H3,(H,30,33)/t18-,23-/m1/s1. The normalized spacial score (nSPS) is 13.2. The molecule has 0 radical (unpaired) electrons. The molecule has 0 saturated carbocycles. The summed E-state index contributed by atoms with van der Waals surface area (Å²) in [5, 5.41) is 3.89. The quantitative estimate of drug-likeness (QED) is 0.405. The molecule has 0 aromatic heterocycles. The molecule has 2 amide bonds. The van der Waals surface area contributed by atoms with Crippen LogP contribution in [-0.4, -0.2) is 35.4 Å². The Balaban J connectivity index is 2.35. The van der Waals surface area contributed by atoms with Gasteiger partial charge in [-0.25, -0.2) is 0 Å². The van der Waals surface area contributed by atoms with Gasteiger partial charge in [-0.05, 0) is 48.9 Å².